The summed E-state index contributed by atoms with van der Waals surface area (Å²) in [5, 5.41) is 6.74. The van der Waals surface area contributed by atoms with Gasteiger partial charge < -0.3 is 20.3 Å². The lowest BCUT2D eigenvalue weighted by atomic mass is 10.1. The fourth-order valence-electron chi connectivity index (χ4n) is 2.50. The maximum Gasteiger partial charge on any atom is 0.142 e. The van der Waals surface area contributed by atoms with Crippen molar-refractivity contribution >= 4 is 5.69 Å². The van der Waals surface area contributed by atoms with Crippen LogP contribution in [-0.4, -0.2) is 39.8 Å². The smallest absolute Gasteiger partial charge is 0.142 e. The first-order chi connectivity index (χ1) is 9.85. The molecule has 1 fully saturated rings. The third-order valence-electron chi connectivity index (χ3n) is 3.54. The Bertz CT molecular complexity index is 426. The molecule has 0 unspecified atom stereocenters. The van der Waals surface area contributed by atoms with Gasteiger partial charge in [-0.1, -0.05) is 12.1 Å². The summed E-state index contributed by atoms with van der Waals surface area (Å²) in [6.07, 6.45) is 3.04. The number of rotatable bonds is 6. The highest BCUT2D eigenvalue weighted by Gasteiger charge is 2.14. The summed E-state index contributed by atoms with van der Waals surface area (Å²) in [5.41, 5.74) is 2.43. The second kappa shape index (κ2) is 7.92. The third kappa shape index (κ3) is 3.99. The van der Waals surface area contributed by atoms with Crippen LogP contribution in [0.15, 0.2) is 30.9 Å². The molecular weight excluding hydrogens is 250 g/mol. The van der Waals surface area contributed by atoms with Crippen molar-refractivity contribution < 1.29 is 4.74 Å². The van der Waals surface area contributed by atoms with E-state index < -0.39 is 0 Å². The van der Waals surface area contributed by atoms with Crippen LogP contribution in [0.4, 0.5) is 5.69 Å². The Hall–Kier alpha value is -1.52. The number of hydrogen-bond donors (Lipinski definition) is 2. The largest absolute Gasteiger partial charge is 0.495 e. The van der Waals surface area contributed by atoms with Crippen LogP contribution in [0.5, 0.6) is 5.75 Å². The molecule has 4 heteroatoms. The number of benzene rings is 1. The van der Waals surface area contributed by atoms with Gasteiger partial charge >= 0.3 is 0 Å². The van der Waals surface area contributed by atoms with Gasteiger partial charge in [-0.3, -0.25) is 0 Å². The predicted octanol–water partition coefficient (Wildman–Crippen LogP) is 1.77. The number of nitrogens with one attached hydrogen (secondary N) is 2. The van der Waals surface area contributed by atoms with Crippen LogP contribution in [-0.2, 0) is 6.54 Å². The van der Waals surface area contributed by atoms with Gasteiger partial charge in [0.1, 0.15) is 5.75 Å². The summed E-state index contributed by atoms with van der Waals surface area (Å²) in [6.45, 7) is 9.61. The van der Waals surface area contributed by atoms with E-state index in [4.69, 9.17) is 4.74 Å². The number of methoxy groups -OCH3 is 1. The summed E-state index contributed by atoms with van der Waals surface area (Å²) in [5.74, 6) is 0.963. The van der Waals surface area contributed by atoms with Crippen LogP contribution in [0, 0.1) is 0 Å². The normalized spacial score (nSPS) is 15.8. The fraction of sp³-hybridized carbons (Fsp3) is 0.500. The van der Waals surface area contributed by atoms with Crippen LogP contribution in [0.3, 0.4) is 0 Å². The van der Waals surface area contributed by atoms with Crippen LogP contribution >= 0.6 is 0 Å². The van der Waals surface area contributed by atoms with E-state index in [1.165, 1.54) is 17.7 Å². The molecule has 0 bridgehead atoms. The zero-order chi connectivity index (χ0) is 14.2. The van der Waals surface area contributed by atoms with Crippen molar-refractivity contribution in [1.29, 1.82) is 0 Å². The Morgan fingerprint density at radius 3 is 3.10 bits per heavy atom. The highest BCUT2D eigenvalue weighted by atomic mass is 16.5. The number of anilines is 1. The molecule has 20 heavy (non-hydrogen) atoms. The number of ether oxygens (including phenoxy) is 1. The molecule has 2 rings (SSSR count). The molecule has 0 atom stereocenters. The van der Waals surface area contributed by atoms with Gasteiger partial charge in [0, 0.05) is 32.7 Å². The van der Waals surface area contributed by atoms with Crippen LogP contribution in [0.25, 0.3) is 0 Å². The van der Waals surface area contributed by atoms with Crippen molar-refractivity contribution in [3.05, 3.63) is 36.4 Å². The van der Waals surface area contributed by atoms with Crippen molar-refractivity contribution in [3.63, 3.8) is 0 Å². The van der Waals surface area contributed by atoms with Crippen molar-refractivity contribution in [2.24, 2.45) is 0 Å². The molecule has 0 amide bonds. The summed E-state index contributed by atoms with van der Waals surface area (Å²) >= 11 is 0. The lowest BCUT2D eigenvalue weighted by Gasteiger charge is -2.25. The fourth-order valence-corrected chi connectivity index (χ4v) is 2.50. The topological polar surface area (TPSA) is 36.5 Å². The molecule has 0 aliphatic carbocycles. The first-order valence-corrected chi connectivity index (χ1v) is 7.29. The second-order valence-electron chi connectivity index (χ2n) is 5.02. The van der Waals surface area contributed by atoms with Gasteiger partial charge in [-0.2, -0.15) is 0 Å². The molecule has 1 aromatic rings. The zero-order valence-corrected chi connectivity index (χ0v) is 12.3. The predicted molar refractivity (Wildman–Crippen MR) is 84.6 cm³/mol. The summed E-state index contributed by atoms with van der Waals surface area (Å²) < 4.78 is 5.58. The van der Waals surface area contributed by atoms with E-state index in [1.807, 2.05) is 6.08 Å². The minimum atomic E-state index is 0.821. The SMILES string of the molecule is C=CCNCc1ccc(N2CCCNCC2)c(OC)c1. The Balaban J connectivity index is 2.09. The van der Waals surface area contributed by atoms with E-state index in [9.17, 15) is 0 Å². The second-order valence-corrected chi connectivity index (χ2v) is 5.02. The maximum atomic E-state index is 5.58. The van der Waals surface area contributed by atoms with E-state index in [-0.39, 0.29) is 0 Å². The Morgan fingerprint density at radius 1 is 1.40 bits per heavy atom. The summed E-state index contributed by atoms with van der Waals surface area (Å²) in [6, 6.07) is 6.48. The molecule has 1 aliphatic heterocycles. The third-order valence-corrected chi connectivity index (χ3v) is 3.54. The number of hydrogen-bond acceptors (Lipinski definition) is 4. The quantitative estimate of drug-likeness (QED) is 0.613. The molecule has 110 valence electrons. The minimum Gasteiger partial charge on any atom is -0.495 e. The van der Waals surface area contributed by atoms with Crippen LogP contribution in [0.2, 0.25) is 0 Å². The molecule has 2 N–H and O–H groups in total. The van der Waals surface area contributed by atoms with Crippen LogP contribution in [0.1, 0.15) is 12.0 Å². The van der Waals surface area contributed by atoms with Gasteiger partial charge in [-0.15, -0.1) is 6.58 Å². The number of nitrogens with zero attached hydrogens (tertiary/aromatic N) is 1. The molecule has 0 radical (unpaired) electrons. The van der Waals surface area contributed by atoms with E-state index in [0.717, 1.165) is 45.0 Å². The van der Waals surface area contributed by atoms with E-state index in [0.29, 0.717) is 0 Å². The highest BCUT2D eigenvalue weighted by molar-refractivity contribution is 5.60. The molecule has 1 aliphatic rings. The summed E-state index contributed by atoms with van der Waals surface area (Å²) in [7, 11) is 1.75. The van der Waals surface area contributed by atoms with E-state index in [1.54, 1.807) is 7.11 Å². The molecule has 0 saturated carbocycles. The Kier molecular flexibility index (Phi) is 5.89. The van der Waals surface area contributed by atoms with Crippen molar-refractivity contribution in [2.75, 3.05) is 44.7 Å². The van der Waals surface area contributed by atoms with E-state index >= 15 is 0 Å². The van der Waals surface area contributed by atoms with Gasteiger partial charge in [-0.25, -0.2) is 0 Å². The average Bonchev–Trinajstić information content (AvgIpc) is 2.76. The first-order valence-electron chi connectivity index (χ1n) is 7.29. The van der Waals surface area contributed by atoms with Crippen molar-refractivity contribution in [1.82, 2.24) is 10.6 Å². The molecule has 4 nitrogen and oxygen atoms in total. The van der Waals surface area contributed by atoms with Gasteiger partial charge in [0.2, 0.25) is 0 Å². The lowest BCUT2D eigenvalue weighted by Crippen LogP contribution is -2.28. The van der Waals surface area contributed by atoms with Gasteiger partial charge in [0.25, 0.3) is 0 Å². The minimum absolute atomic E-state index is 0.821. The maximum absolute atomic E-state index is 5.58. The molecule has 1 heterocycles. The monoisotopic (exact) mass is 275 g/mol. The highest BCUT2D eigenvalue weighted by Crippen LogP contribution is 2.29. The molecule has 1 aromatic carbocycles. The first kappa shape index (κ1) is 14.9. The Morgan fingerprint density at radius 2 is 2.30 bits per heavy atom. The lowest BCUT2D eigenvalue weighted by molar-refractivity contribution is 0.413. The van der Waals surface area contributed by atoms with Gasteiger partial charge in [0.15, 0.2) is 0 Å². The average molecular weight is 275 g/mol. The molecular formula is C16H25N3O. The molecule has 0 spiro atoms. The Labute approximate surface area is 121 Å². The standard InChI is InChI=1S/C16H25N3O/c1-3-7-18-13-14-5-6-15(16(12-14)20-2)19-10-4-8-17-9-11-19/h3,5-6,12,17-18H,1,4,7-11,13H2,2H3. The zero-order valence-electron chi connectivity index (χ0n) is 12.3. The van der Waals surface area contributed by atoms with Gasteiger partial charge in [-0.05, 0) is 30.7 Å². The van der Waals surface area contributed by atoms with Crippen molar-refractivity contribution in [2.45, 2.75) is 13.0 Å². The van der Waals surface area contributed by atoms with Crippen LogP contribution < -0.4 is 20.3 Å². The van der Waals surface area contributed by atoms with Gasteiger partial charge in [0.05, 0.1) is 12.8 Å². The molecule has 0 aromatic heterocycles. The van der Waals surface area contributed by atoms with E-state index in [2.05, 4.69) is 40.3 Å². The summed E-state index contributed by atoms with van der Waals surface area (Å²) in [4.78, 5) is 2.40. The molecule has 1 saturated heterocycles. The van der Waals surface area contributed by atoms with Crippen molar-refractivity contribution in [3.8, 4) is 5.75 Å².